The van der Waals surface area contributed by atoms with Gasteiger partial charge < -0.3 is 15.1 Å². The van der Waals surface area contributed by atoms with Gasteiger partial charge in [0.1, 0.15) is 11.5 Å². The van der Waals surface area contributed by atoms with Crippen LogP contribution in [0.5, 0.6) is 11.5 Å². The second-order valence-corrected chi connectivity index (χ2v) is 6.44. The third-order valence-corrected chi connectivity index (χ3v) is 4.42. The summed E-state index contributed by atoms with van der Waals surface area (Å²) in [4.78, 5) is 14.0. The number of aromatic hydroxyl groups is 2. The van der Waals surface area contributed by atoms with Crippen molar-refractivity contribution in [2.75, 3.05) is 0 Å². The monoisotopic (exact) mass is 305 g/mol. The van der Waals surface area contributed by atoms with E-state index in [1.807, 2.05) is 18.7 Å². The average molecular weight is 305 g/mol. The van der Waals surface area contributed by atoms with Crippen molar-refractivity contribution in [3.63, 3.8) is 0 Å². The summed E-state index contributed by atoms with van der Waals surface area (Å²) in [5.74, 6) is 0.344. The lowest BCUT2D eigenvalue weighted by atomic mass is 9.93. The Balaban J connectivity index is 2.38. The number of unbranched alkanes of at least 4 members (excludes halogenated alkanes) is 2. The maximum absolute atomic E-state index is 12.1. The van der Waals surface area contributed by atoms with Crippen LogP contribution in [0.2, 0.25) is 0 Å². The van der Waals surface area contributed by atoms with Gasteiger partial charge in [0, 0.05) is 24.1 Å². The van der Waals surface area contributed by atoms with Crippen LogP contribution in [0.15, 0.2) is 12.1 Å². The summed E-state index contributed by atoms with van der Waals surface area (Å²) in [5, 5.41) is 20.2. The lowest BCUT2D eigenvalue weighted by molar-refractivity contribution is -0.130. The maximum Gasteiger partial charge on any atom is 0.223 e. The number of likely N-dealkylation sites (tertiary alicyclic amines) is 1. The molecule has 1 aliphatic rings. The van der Waals surface area contributed by atoms with E-state index in [2.05, 4.69) is 6.92 Å². The number of benzene rings is 1. The molecule has 0 saturated carbocycles. The zero-order valence-electron chi connectivity index (χ0n) is 13.8. The Morgan fingerprint density at radius 1 is 1.27 bits per heavy atom. The zero-order chi connectivity index (χ0) is 16.3. The molecule has 4 heteroatoms. The van der Waals surface area contributed by atoms with E-state index in [4.69, 9.17) is 0 Å². The molecule has 0 spiro atoms. The van der Waals surface area contributed by atoms with Crippen LogP contribution in [0.25, 0.3) is 0 Å². The molecule has 1 aliphatic heterocycles. The van der Waals surface area contributed by atoms with Crippen molar-refractivity contribution >= 4 is 5.91 Å². The Morgan fingerprint density at radius 3 is 2.64 bits per heavy atom. The van der Waals surface area contributed by atoms with Crippen molar-refractivity contribution in [3.8, 4) is 11.5 Å². The first-order valence-electron chi connectivity index (χ1n) is 8.31. The van der Waals surface area contributed by atoms with Crippen LogP contribution in [-0.4, -0.2) is 27.1 Å². The predicted molar refractivity (Wildman–Crippen MR) is 87.0 cm³/mol. The summed E-state index contributed by atoms with van der Waals surface area (Å²) in [5.41, 5.74) is 1.80. The molecule has 0 bridgehead atoms. The maximum atomic E-state index is 12.1. The van der Waals surface area contributed by atoms with E-state index in [1.54, 1.807) is 6.07 Å². The Morgan fingerprint density at radius 2 is 2.00 bits per heavy atom. The molecule has 1 atom stereocenters. The van der Waals surface area contributed by atoms with Gasteiger partial charge in [-0.05, 0) is 44.7 Å². The van der Waals surface area contributed by atoms with Crippen molar-refractivity contribution < 1.29 is 15.0 Å². The second-order valence-electron chi connectivity index (χ2n) is 6.44. The molecule has 1 amide bonds. The van der Waals surface area contributed by atoms with Crippen molar-refractivity contribution in [3.05, 3.63) is 23.3 Å². The molecular formula is C18H27NO3. The fourth-order valence-electron chi connectivity index (χ4n) is 3.47. The molecule has 1 fully saturated rings. The molecule has 1 saturated heterocycles. The topological polar surface area (TPSA) is 60.8 Å². The fraction of sp³-hybridized carbons (Fsp3) is 0.611. The third-order valence-electron chi connectivity index (χ3n) is 4.42. The molecular weight excluding hydrogens is 278 g/mol. The van der Waals surface area contributed by atoms with Gasteiger partial charge in [-0.25, -0.2) is 0 Å². The van der Waals surface area contributed by atoms with E-state index >= 15 is 0 Å². The standard InChI is InChI=1S/C18H27NO3/c1-4-5-6-7-13-10-14(20)11-16(21)18(13)15-8-9-17(22)19(15)12(2)3/h10-12,15,20-21H,4-9H2,1-3H3. The molecule has 0 aromatic heterocycles. The molecule has 1 aromatic carbocycles. The number of phenols is 2. The SMILES string of the molecule is CCCCCc1cc(O)cc(O)c1C1CCC(=O)N1C(C)C. The molecule has 2 rings (SSSR count). The van der Waals surface area contributed by atoms with E-state index in [9.17, 15) is 15.0 Å². The fourth-order valence-corrected chi connectivity index (χ4v) is 3.47. The summed E-state index contributed by atoms with van der Waals surface area (Å²) in [6, 6.07) is 3.16. The van der Waals surface area contributed by atoms with Crippen LogP contribution in [0.3, 0.4) is 0 Å². The van der Waals surface area contributed by atoms with Crippen LogP contribution in [-0.2, 0) is 11.2 Å². The van der Waals surface area contributed by atoms with E-state index in [1.165, 1.54) is 6.07 Å². The summed E-state index contributed by atoms with van der Waals surface area (Å²) in [7, 11) is 0. The number of phenolic OH excluding ortho intramolecular Hbond substituents is 2. The number of nitrogens with zero attached hydrogens (tertiary/aromatic N) is 1. The van der Waals surface area contributed by atoms with Gasteiger partial charge in [0.25, 0.3) is 0 Å². The van der Waals surface area contributed by atoms with Gasteiger partial charge in [-0.1, -0.05) is 19.8 Å². The molecule has 0 radical (unpaired) electrons. The minimum Gasteiger partial charge on any atom is -0.508 e. The number of hydrogen-bond donors (Lipinski definition) is 2. The van der Waals surface area contributed by atoms with Gasteiger partial charge in [0.2, 0.25) is 5.91 Å². The molecule has 1 unspecified atom stereocenters. The molecule has 1 heterocycles. The van der Waals surface area contributed by atoms with Crippen LogP contribution in [0, 0.1) is 0 Å². The summed E-state index contributed by atoms with van der Waals surface area (Å²) < 4.78 is 0. The minimum atomic E-state index is -0.0790. The van der Waals surface area contributed by atoms with Gasteiger partial charge in [-0.15, -0.1) is 0 Å². The van der Waals surface area contributed by atoms with Gasteiger partial charge in [0.05, 0.1) is 6.04 Å². The first-order valence-corrected chi connectivity index (χ1v) is 8.31. The summed E-state index contributed by atoms with van der Waals surface area (Å²) in [6.07, 6.45) is 5.34. The van der Waals surface area contributed by atoms with Gasteiger partial charge in [-0.2, -0.15) is 0 Å². The Hall–Kier alpha value is -1.71. The van der Waals surface area contributed by atoms with E-state index in [-0.39, 0.29) is 29.5 Å². The Bertz CT molecular complexity index is 539. The van der Waals surface area contributed by atoms with Crippen molar-refractivity contribution in [1.29, 1.82) is 0 Å². The van der Waals surface area contributed by atoms with Crippen molar-refractivity contribution in [2.24, 2.45) is 0 Å². The highest BCUT2D eigenvalue weighted by atomic mass is 16.3. The lowest BCUT2D eigenvalue weighted by Gasteiger charge is -2.31. The van der Waals surface area contributed by atoms with Crippen molar-refractivity contribution in [2.45, 2.75) is 71.4 Å². The smallest absolute Gasteiger partial charge is 0.223 e. The molecule has 1 aromatic rings. The van der Waals surface area contributed by atoms with Gasteiger partial charge in [0.15, 0.2) is 0 Å². The molecule has 0 aliphatic carbocycles. The Kier molecular flexibility index (Phi) is 5.33. The van der Waals surface area contributed by atoms with Crippen LogP contribution in [0.1, 0.15) is 70.0 Å². The van der Waals surface area contributed by atoms with E-state index in [0.717, 1.165) is 43.2 Å². The number of amides is 1. The van der Waals surface area contributed by atoms with E-state index in [0.29, 0.717) is 6.42 Å². The highest BCUT2D eigenvalue weighted by Gasteiger charge is 2.36. The minimum absolute atomic E-state index is 0.0790. The number of carbonyl (C=O) groups is 1. The zero-order valence-corrected chi connectivity index (χ0v) is 13.8. The van der Waals surface area contributed by atoms with Crippen molar-refractivity contribution in [1.82, 2.24) is 4.90 Å². The summed E-state index contributed by atoms with van der Waals surface area (Å²) in [6.45, 7) is 6.16. The average Bonchev–Trinajstić information content (AvgIpc) is 2.80. The van der Waals surface area contributed by atoms with Gasteiger partial charge >= 0.3 is 0 Å². The quantitative estimate of drug-likeness (QED) is 0.784. The molecule has 22 heavy (non-hydrogen) atoms. The van der Waals surface area contributed by atoms with Crippen LogP contribution >= 0.6 is 0 Å². The number of hydrogen-bond acceptors (Lipinski definition) is 3. The number of aryl methyl sites for hydroxylation is 1. The number of rotatable bonds is 6. The highest BCUT2D eigenvalue weighted by molar-refractivity contribution is 5.79. The summed E-state index contributed by atoms with van der Waals surface area (Å²) >= 11 is 0. The second kappa shape index (κ2) is 7.03. The first kappa shape index (κ1) is 16.7. The predicted octanol–water partition coefficient (Wildman–Crippen LogP) is 3.90. The molecule has 2 N–H and O–H groups in total. The number of carbonyl (C=O) groups excluding carboxylic acids is 1. The first-order chi connectivity index (χ1) is 10.5. The largest absolute Gasteiger partial charge is 0.508 e. The third kappa shape index (κ3) is 3.37. The molecule has 4 nitrogen and oxygen atoms in total. The van der Waals surface area contributed by atoms with E-state index < -0.39 is 0 Å². The van der Waals surface area contributed by atoms with Crippen LogP contribution < -0.4 is 0 Å². The Labute approximate surface area is 132 Å². The highest BCUT2D eigenvalue weighted by Crippen LogP contribution is 2.42. The van der Waals surface area contributed by atoms with Crippen LogP contribution in [0.4, 0.5) is 0 Å². The normalized spacial score (nSPS) is 18.5. The molecule has 122 valence electrons. The lowest BCUT2D eigenvalue weighted by Crippen LogP contribution is -2.34. The van der Waals surface area contributed by atoms with Gasteiger partial charge in [-0.3, -0.25) is 4.79 Å².